The molecule has 0 aromatic heterocycles. The van der Waals surface area contributed by atoms with Gasteiger partial charge in [-0.15, -0.1) is 11.8 Å². The Morgan fingerprint density at radius 2 is 2.12 bits per heavy atom. The summed E-state index contributed by atoms with van der Waals surface area (Å²) in [6, 6.07) is 8.05. The molecule has 1 aromatic rings. The van der Waals surface area contributed by atoms with Gasteiger partial charge in [-0.2, -0.15) is 0 Å². The molecule has 4 heteroatoms. The molecule has 0 radical (unpaired) electrons. The van der Waals surface area contributed by atoms with E-state index in [-0.39, 0.29) is 6.10 Å². The smallest absolute Gasteiger partial charge is 0.132 e. The maximum atomic E-state index is 5.75. The summed E-state index contributed by atoms with van der Waals surface area (Å²) < 4.78 is 11.2. The van der Waals surface area contributed by atoms with Crippen LogP contribution in [-0.2, 0) is 4.74 Å². The first-order chi connectivity index (χ1) is 8.31. The van der Waals surface area contributed by atoms with Crippen LogP contribution in [0.3, 0.4) is 0 Å². The molecule has 0 saturated heterocycles. The first kappa shape index (κ1) is 14.4. The van der Waals surface area contributed by atoms with Crippen molar-refractivity contribution in [1.82, 2.24) is 0 Å². The first-order valence-electron chi connectivity index (χ1n) is 5.89. The van der Waals surface area contributed by atoms with Crippen LogP contribution in [0.1, 0.15) is 13.3 Å². The quantitative estimate of drug-likeness (QED) is 0.725. The number of ether oxygens (including phenoxy) is 2. The minimum Gasteiger partial charge on any atom is -0.492 e. The molecular weight excluding hydrogens is 234 g/mol. The molecule has 3 nitrogen and oxygen atoms in total. The number of rotatable bonds is 8. The van der Waals surface area contributed by atoms with Crippen molar-refractivity contribution < 1.29 is 9.47 Å². The first-order valence-corrected chi connectivity index (χ1v) is 7.11. The molecule has 0 bridgehead atoms. The lowest BCUT2D eigenvalue weighted by atomic mass is 10.2. The zero-order valence-corrected chi connectivity index (χ0v) is 11.3. The van der Waals surface area contributed by atoms with E-state index >= 15 is 0 Å². The van der Waals surface area contributed by atoms with Crippen LogP contribution in [0.4, 0.5) is 0 Å². The SMILES string of the molecule is CCOC(CN)CCOc1ccccc1SC. The zero-order chi connectivity index (χ0) is 12.5. The third-order valence-electron chi connectivity index (χ3n) is 2.43. The monoisotopic (exact) mass is 255 g/mol. The standard InChI is InChI=1S/C13H21NO2S/c1-3-15-11(10-14)8-9-16-12-6-4-5-7-13(12)17-2/h4-7,11H,3,8-10,14H2,1-2H3. The van der Waals surface area contributed by atoms with E-state index in [2.05, 4.69) is 6.07 Å². The second kappa shape index (κ2) is 8.39. The molecule has 0 amide bonds. The molecule has 0 heterocycles. The summed E-state index contributed by atoms with van der Waals surface area (Å²) in [5.74, 6) is 0.937. The lowest BCUT2D eigenvalue weighted by Gasteiger charge is -2.16. The molecule has 0 fully saturated rings. The van der Waals surface area contributed by atoms with Gasteiger partial charge >= 0.3 is 0 Å². The van der Waals surface area contributed by atoms with Gasteiger partial charge in [0.05, 0.1) is 12.7 Å². The van der Waals surface area contributed by atoms with Gasteiger partial charge in [0.15, 0.2) is 0 Å². The van der Waals surface area contributed by atoms with Crippen molar-refractivity contribution in [3.8, 4) is 5.75 Å². The highest BCUT2D eigenvalue weighted by molar-refractivity contribution is 7.98. The molecule has 0 aliphatic rings. The van der Waals surface area contributed by atoms with E-state index in [1.165, 1.54) is 0 Å². The number of hydrogen-bond donors (Lipinski definition) is 1. The van der Waals surface area contributed by atoms with Gasteiger partial charge in [-0.3, -0.25) is 0 Å². The minimum absolute atomic E-state index is 0.0986. The Hall–Kier alpha value is -0.710. The fourth-order valence-corrected chi connectivity index (χ4v) is 2.09. The summed E-state index contributed by atoms with van der Waals surface area (Å²) in [7, 11) is 0. The molecule has 2 N–H and O–H groups in total. The number of benzene rings is 1. The average Bonchev–Trinajstić information content (AvgIpc) is 2.38. The fraction of sp³-hybridized carbons (Fsp3) is 0.538. The van der Waals surface area contributed by atoms with E-state index < -0.39 is 0 Å². The highest BCUT2D eigenvalue weighted by Gasteiger charge is 2.07. The predicted octanol–water partition coefficient (Wildman–Crippen LogP) is 2.54. The largest absolute Gasteiger partial charge is 0.492 e. The van der Waals surface area contributed by atoms with Gasteiger partial charge in [0.2, 0.25) is 0 Å². The van der Waals surface area contributed by atoms with E-state index in [1.54, 1.807) is 11.8 Å². The number of nitrogens with two attached hydrogens (primary N) is 1. The maximum absolute atomic E-state index is 5.75. The Morgan fingerprint density at radius 1 is 1.35 bits per heavy atom. The van der Waals surface area contributed by atoms with Crippen molar-refractivity contribution in [2.24, 2.45) is 5.73 Å². The number of hydrogen-bond acceptors (Lipinski definition) is 4. The maximum Gasteiger partial charge on any atom is 0.132 e. The molecule has 1 rings (SSSR count). The van der Waals surface area contributed by atoms with Crippen LogP contribution in [0.5, 0.6) is 5.75 Å². The highest BCUT2D eigenvalue weighted by Crippen LogP contribution is 2.26. The second-order valence-corrected chi connectivity index (χ2v) is 4.45. The van der Waals surface area contributed by atoms with Gasteiger partial charge in [-0.1, -0.05) is 12.1 Å². The van der Waals surface area contributed by atoms with Crippen LogP contribution in [0, 0.1) is 0 Å². The molecule has 1 atom stereocenters. The molecule has 0 saturated carbocycles. The van der Waals surface area contributed by atoms with Gasteiger partial charge in [-0.05, 0) is 25.3 Å². The average molecular weight is 255 g/mol. The molecule has 17 heavy (non-hydrogen) atoms. The lowest BCUT2D eigenvalue weighted by Crippen LogP contribution is -2.25. The summed E-state index contributed by atoms with van der Waals surface area (Å²) in [5, 5.41) is 0. The van der Waals surface area contributed by atoms with Crippen molar-refractivity contribution in [3.05, 3.63) is 24.3 Å². The van der Waals surface area contributed by atoms with Crippen LogP contribution in [0.25, 0.3) is 0 Å². The van der Waals surface area contributed by atoms with E-state index in [0.717, 1.165) is 17.1 Å². The van der Waals surface area contributed by atoms with Crippen LogP contribution < -0.4 is 10.5 Å². The van der Waals surface area contributed by atoms with Gasteiger partial charge < -0.3 is 15.2 Å². The van der Waals surface area contributed by atoms with E-state index in [0.29, 0.717) is 19.8 Å². The summed E-state index contributed by atoms with van der Waals surface area (Å²) in [4.78, 5) is 1.16. The third-order valence-corrected chi connectivity index (χ3v) is 3.21. The minimum atomic E-state index is 0.0986. The highest BCUT2D eigenvalue weighted by atomic mass is 32.2. The number of para-hydroxylation sites is 1. The van der Waals surface area contributed by atoms with Crippen molar-refractivity contribution >= 4 is 11.8 Å². The molecule has 0 aliphatic heterocycles. The van der Waals surface area contributed by atoms with Crippen LogP contribution in [-0.4, -0.2) is 32.1 Å². The molecule has 0 spiro atoms. The zero-order valence-electron chi connectivity index (χ0n) is 10.5. The van der Waals surface area contributed by atoms with Gasteiger partial charge in [0.1, 0.15) is 5.75 Å². The predicted molar refractivity (Wildman–Crippen MR) is 72.8 cm³/mol. The van der Waals surface area contributed by atoms with Crippen LogP contribution in [0.15, 0.2) is 29.2 Å². The Balaban J connectivity index is 2.39. The van der Waals surface area contributed by atoms with Gasteiger partial charge in [-0.25, -0.2) is 0 Å². The van der Waals surface area contributed by atoms with E-state index in [4.69, 9.17) is 15.2 Å². The number of thioether (sulfide) groups is 1. The Labute approximate surface area is 108 Å². The van der Waals surface area contributed by atoms with E-state index in [1.807, 2.05) is 31.4 Å². The second-order valence-electron chi connectivity index (χ2n) is 3.60. The van der Waals surface area contributed by atoms with Gasteiger partial charge in [0, 0.05) is 24.5 Å². The van der Waals surface area contributed by atoms with Crippen molar-refractivity contribution in [2.45, 2.75) is 24.3 Å². The lowest BCUT2D eigenvalue weighted by molar-refractivity contribution is 0.0524. The summed E-state index contributed by atoms with van der Waals surface area (Å²) >= 11 is 1.69. The normalized spacial score (nSPS) is 12.4. The van der Waals surface area contributed by atoms with Crippen LogP contribution in [0.2, 0.25) is 0 Å². The van der Waals surface area contributed by atoms with Crippen molar-refractivity contribution in [1.29, 1.82) is 0 Å². The van der Waals surface area contributed by atoms with Crippen LogP contribution >= 0.6 is 11.8 Å². The summed E-state index contributed by atoms with van der Waals surface area (Å²) in [5.41, 5.74) is 5.61. The molecule has 1 aromatic carbocycles. The molecule has 96 valence electrons. The Morgan fingerprint density at radius 3 is 2.76 bits per heavy atom. The summed E-state index contributed by atoms with van der Waals surface area (Å²) in [6.45, 7) is 3.86. The summed E-state index contributed by atoms with van der Waals surface area (Å²) in [6.07, 6.45) is 2.97. The van der Waals surface area contributed by atoms with Gasteiger partial charge in [0.25, 0.3) is 0 Å². The Bertz CT molecular complexity index is 320. The fourth-order valence-electron chi connectivity index (χ4n) is 1.54. The van der Waals surface area contributed by atoms with Crippen molar-refractivity contribution in [3.63, 3.8) is 0 Å². The van der Waals surface area contributed by atoms with Crippen molar-refractivity contribution in [2.75, 3.05) is 26.0 Å². The topological polar surface area (TPSA) is 44.5 Å². The van der Waals surface area contributed by atoms with E-state index in [9.17, 15) is 0 Å². The molecule has 0 aliphatic carbocycles. The molecule has 1 unspecified atom stereocenters. The Kier molecular flexibility index (Phi) is 7.08. The third kappa shape index (κ3) is 4.98. The molecular formula is C13H21NO2S.